The van der Waals surface area contributed by atoms with Crippen molar-refractivity contribution in [1.29, 1.82) is 0 Å². The number of nitrogens with zero attached hydrogens (tertiary/aromatic N) is 6. The molecule has 1 aromatic heterocycles. The van der Waals surface area contributed by atoms with Crippen LogP contribution in [0.1, 0.15) is 0 Å². The Labute approximate surface area is 245 Å². The molecule has 0 aliphatic rings. The zero-order valence-electron chi connectivity index (χ0n) is 25.2. The number of hydrogen-bond acceptors (Lipinski definition) is 12. The summed E-state index contributed by atoms with van der Waals surface area (Å²) in [4.78, 5) is 19.5. The Morgan fingerprint density at radius 2 is 0.667 bits per heavy atom. The summed E-state index contributed by atoms with van der Waals surface area (Å²) in [7, 11) is 10.3. The molecule has 0 saturated carbocycles. The zero-order chi connectivity index (χ0) is 29.9. The van der Waals surface area contributed by atoms with Crippen molar-refractivity contribution in [1.82, 2.24) is 15.0 Å². The van der Waals surface area contributed by atoms with Crippen LogP contribution in [0.5, 0.6) is 17.2 Å². The largest absolute Gasteiger partial charge is 0.665 e. The summed E-state index contributed by atoms with van der Waals surface area (Å²) in [5.41, 5.74) is 2.05. The monoisotopic (exact) mass is 1370 g/mol. The van der Waals surface area contributed by atoms with Crippen LogP contribution >= 0.6 is 0 Å². The molecule has 0 amide bonds. The third-order valence-corrected chi connectivity index (χ3v) is 6.24. The first-order valence-corrected chi connectivity index (χ1v) is 13.0. The van der Waals surface area contributed by atoms with E-state index in [2.05, 4.69) is 21.3 Å². The molecule has 0 radical (unpaired) electrons. The first-order chi connectivity index (χ1) is 20.5. The molecule has 0 saturated heterocycles. The summed E-state index contributed by atoms with van der Waals surface area (Å²) in [6.45, 7) is -0.0767. The van der Waals surface area contributed by atoms with E-state index in [1.54, 1.807) is 87.5 Å². The van der Waals surface area contributed by atoms with Crippen LogP contribution in [-0.4, -0.2) is 69.7 Å². The van der Waals surface area contributed by atoms with Gasteiger partial charge in [-0.3, -0.25) is 0 Å². The van der Waals surface area contributed by atoms with Gasteiger partial charge in [0.25, 0.3) is 0 Å². The molecule has 0 fully saturated rings. The number of rotatable bonds is 15. The van der Waals surface area contributed by atoms with Crippen molar-refractivity contribution in [2.75, 3.05) is 54.2 Å². The third-order valence-electron chi connectivity index (χ3n) is 6.24. The van der Waals surface area contributed by atoms with E-state index in [-0.39, 0.29) is 57.3 Å². The van der Waals surface area contributed by atoms with Crippen molar-refractivity contribution in [3.05, 3.63) is 94.1 Å². The number of aromatic nitrogens is 3. The van der Waals surface area contributed by atoms with Gasteiger partial charge in [0.1, 0.15) is 0 Å². The minimum absolute atomic E-state index is 0. The van der Waals surface area contributed by atoms with E-state index in [1.807, 2.05) is 0 Å². The minimum Gasteiger partial charge on any atom is -0.665 e. The van der Waals surface area contributed by atoms with E-state index in [9.17, 15) is 15.3 Å². The summed E-state index contributed by atoms with van der Waals surface area (Å²) in [6, 6.07) is 21.2. The average Bonchev–Trinajstić information content (AvgIpc) is 3.05. The van der Waals surface area contributed by atoms with Crippen LogP contribution in [-0.2, 0) is 0 Å². The molecular weight excluding hydrogens is 1340 g/mol. The smallest absolute Gasteiger partial charge is 0.236 e. The second-order valence-electron chi connectivity index (χ2n) is 8.78. The third kappa shape index (κ3) is 7.97. The van der Waals surface area contributed by atoms with E-state index in [0.29, 0.717) is 34.3 Å². The van der Waals surface area contributed by atoms with E-state index in [0.717, 1.165) is 0 Å². The molecule has 228 valence electrons. The second-order valence-corrected chi connectivity index (χ2v) is 8.78. The van der Waals surface area contributed by atoms with Gasteiger partial charge in [-0.25, -0.2) is 0 Å². The van der Waals surface area contributed by atoms with Gasteiger partial charge in [0.15, 0.2) is 0 Å². The molecule has 4 rings (SSSR count). The summed E-state index contributed by atoms with van der Waals surface area (Å²) in [5.74, 6) is 2.38. The van der Waals surface area contributed by atoms with Crippen LogP contribution in [0.3, 0.4) is 0 Å². The van der Waals surface area contributed by atoms with Gasteiger partial charge in [0.05, 0.1) is 37.1 Å². The van der Waals surface area contributed by atoms with Crippen LogP contribution in [0, 0.1) is 21.3 Å². The normalized spacial score (nSPS) is 10.0. The summed E-state index contributed by atoms with van der Waals surface area (Å²) in [5, 5.41) is 29.9. The SMILES string of the molecule is [CH2-]Oc1ccc(N(CCO)c2nc(N(CCO)c3ccc(O[CH2-])cc3)nc(N(CCO)c3ccc(O[CH2-])cc3)n2)cc1.[Rf].[Rf].[Rf]. The van der Waals surface area contributed by atoms with Gasteiger partial charge in [0, 0.05) is 36.7 Å². The molecule has 45 heavy (non-hydrogen) atoms. The van der Waals surface area contributed by atoms with Crippen molar-refractivity contribution >= 4 is 34.9 Å². The number of aliphatic hydroxyl groups is 3. The van der Waals surface area contributed by atoms with Crippen molar-refractivity contribution in [2.45, 2.75) is 0 Å². The van der Waals surface area contributed by atoms with E-state index < -0.39 is 0 Å². The van der Waals surface area contributed by atoms with Crippen LogP contribution in [0.25, 0.3) is 0 Å². The maximum atomic E-state index is 9.97. The van der Waals surface area contributed by atoms with Crippen LogP contribution < -0.4 is 28.9 Å². The van der Waals surface area contributed by atoms with E-state index in [4.69, 9.17) is 29.2 Å². The molecule has 12 nitrogen and oxygen atoms in total. The number of ether oxygens (including phenoxy) is 3. The maximum Gasteiger partial charge on any atom is 0.236 e. The molecule has 4 aromatic rings. The quantitative estimate of drug-likeness (QED) is 0.150. The van der Waals surface area contributed by atoms with Crippen molar-refractivity contribution in [3.63, 3.8) is 0 Å². The summed E-state index contributed by atoms with van der Waals surface area (Å²) in [6.07, 6.45) is 0. The molecule has 0 unspecified atom stereocenters. The predicted molar refractivity (Wildman–Crippen MR) is 159 cm³/mol. The molecule has 3 N–H and O–H groups in total. The molecule has 1 heterocycles. The van der Waals surface area contributed by atoms with Gasteiger partial charge < -0.3 is 44.2 Å². The first kappa shape index (κ1) is 35.4. The minimum atomic E-state index is -0.191. The van der Waals surface area contributed by atoms with Gasteiger partial charge in [-0.1, -0.05) is 0 Å². The molecule has 0 aliphatic carbocycles. The summed E-state index contributed by atoms with van der Waals surface area (Å²) < 4.78 is 15.2. The molecule has 0 atom stereocenters. The Hall–Kier alpha value is -7.65. The molecular formula is C30H33N6O6Rf3-3. The Bertz CT molecular complexity index is 1220. The standard InChI is InChI=1S/C30H33N6O6.3Rf/c1-40-25-10-4-22(5-11-25)34(16-19-37)28-31-29(35(17-20-38)23-6-12-26(41-2)13-7-23)33-30(32-28)36(18-21-39)24-8-14-27(42-3)15-9-24;;;/h4-15,37-39H,1-3,16-21H2;;;/q-3;;;. The van der Waals surface area contributed by atoms with Crippen molar-refractivity contribution in [2.24, 2.45) is 0 Å². The topological polar surface area (TPSA) is 137 Å². The van der Waals surface area contributed by atoms with Crippen molar-refractivity contribution in [3.8, 4) is 17.2 Å². The Kier molecular flexibility index (Phi) is 13.0. The van der Waals surface area contributed by atoms with Gasteiger partial charge >= 0.3 is 0 Å². The van der Waals surface area contributed by atoms with Crippen LogP contribution in [0.2, 0.25) is 0 Å². The maximum absolute atomic E-state index is 9.97. The van der Waals surface area contributed by atoms with Crippen LogP contribution in [0.4, 0.5) is 34.9 Å². The Morgan fingerprint density at radius 3 is 0.844 bits per heavy atom. The molecule has 0 aliphatic heterocycles. The molecule has 0 spiro atoms. The van der Waals surface area contributed by atoms with E-state index in [1.165, 1.54) is 0 Å². The van der Waals surface area contributed by atoms with Gasteiger partial charge in [-0.2, -0.15) is 36.3 Å². The van der Waals surface area contributed by atoms with Gasteiger partial charge in [-0.15, -0.1) is 0 Å². The Morgan fingerprint density at radius 1 is 0.444 bits per heavy atom. The molecule has 3 aromatic carbocycles. The fourth-order valence-corrected chi connectivity index (χ4v) is 4.21. The first-order valence-electron chi connectivity index (χ1n) is 13.0. The fourth-order valence-electron chi connectivity index (χ4n) is 4.21. The van der Waals surface area contributed by atoms with Crippen molar-refractivity contribution < 1.29 is 29.5 Å². The average molecular weight is 1370 g/mol. The number of hydrogen-bond donors (Lipinski definition) is 3. The van der Waals surface area contributed by atoms with Crippen LogP contribution in [0.15, 0.2) is 72.8 Å². The number of anilines is 6. The number of aliphatic hydroxyl groups excluding tert-OH is 3. The predicted octanol–water partition coefficient (Wildman–Crippen LogP) is 3.77. The zero-order valence-corrected chi connectivity index (χ0v) is 44.4. The molecule has 15 heteroatoms. The van der Waals surface area contributed by atoms with Gasteiger partial charge in [-0.05, 0) is 72.8 Å². The fraction of sp³-hybridized carbons (Fsp3) is 0.200. The molecule has 0 bridgehead atoms. The summed E-state index contributed by atoms with van der Waals surface area (Å²) >= 11 is 0. The van der Waals surface area contributed by atoms with Gasteiger partial charge in [0.2, 0.25) is 17.8 Å². The Balaban J connectivity index is 0.00000337. The second kappa shape index (κ2) is 16.6. The number of benzene rings is 3. The van der Waals surface area contributed by atoms with E-state index >= 15 is 0 Å².